The molecule has 5 nitrogen and oxygen atoms in total. The number of esters is 1. The molecular weight excluding hydrogens is 342 g/mol. The van der Waals surface area contributed by atoms with Crippen LogP contribution in [0, 0.1) is 0 Å². The Morgan fingerprint density at radius 2 is 1.74 bits per heavy atom. The van der Waals surface area contributed by atoms with Crippen molar-refractivity contribution in [3.05, 3.63) is 71.8 Å². The number of amides is 1. The van der Waals surface area contributed by atoms with Crippen LogP contribution in [0.1, 0.15) is 34.6 Å². The monoisotopic (exact) mass is 363 g/mol. The number of rotatable bonds is 6. The highest BCUT2D eigenvalue weighted by Gasteiger charge is 2.17. The highest BCUT2D eigenvalue weighted by atomic mass is 16.5. The van der Waals surface area contributed by atoms with Gasteiger partial charge in [0.05, 0.1) is 24.3 Å². The molecule has 0 saturated carbocycles. The van der Waals surface area contributed by atoms with E-state index in [4.69, 9.17) is 9.47 Å². The number of carbonyl (C=O) groups is 2. The van der Waals surface area contributed by atoms with E-state index in [0.717, 1.165) is 10.8 Å². The smallest absolute Gasteiger partial charge is 0.338 e. The third-order valence-electron chi connectivity index (χ3n) is 4.05. The molecule has 0 aliphatic carbocycles. The number of nitrogens with one attached hydrogen (secondary N) is 1. The van der Waals surface area contributed by atoms with Crippen LogP contribution in [0.25, 0.3) is 10.8 Å². The van der Waals surface area contributed by atoms with E-state index in [1.54, 1.807) is 37.3 Å². The van der Waals surface area contributed by atoms with Crippen molar-refractivity contribution in [3.63, 3.8) is 0 Å². The Morgan fingerprint density at radius 1 is 0.926 bits per heavy atom. The molecule has 0 spiro atoms. The number of fused-ring (bicyclic) bond motifs is 1. The molecule has 0 saturated heterocycles. The van der Waals surface area contributed by atoms with Crippen molar-refractivity contribution in [2.24, 2.45) is 0 Å². The van der Waals surface area contributed by atoms with Crippen molar-refractivity contribution in [3.8, 4) is 5.75 Å². The van der Waals surface area contributed by atoms with Crippen LogP contribution in [0.5, 0.6) is 5.75 Å². The molecule has 138 valence electrons. The predicted molar refractivity (Wildman–Crippen MR) is 105 cm³/mol. The first-order chi connectivity index (χ1) is 13.1. The number of anilines is 1. The molecule has 0 unspecified atom stereocenters. The summed E-state index contributed by atoms with van der Waals surface area (Å²) in [5.41, 5.74) is 1.37. The third-order valence-corrected chi connectivity index (χ3v) is 4.05. The molecule has 0 fully saturated rings. The maximum atomic E-state index is 13.0. The lowest BCUT2D eigenvalue weighted by Gasteiger charge is -2.14. The Labute approximate surface area is 157 Å². The van der Waals surface area contributed by atoms with Crippen LogP contribution in [0.4, 0.5) is 5.69 Å². The van der Waals surface area contributed by atoms with Gasteiger partial charge in [-0.25, -0.2) is 4.79 Å². The zero-order valence-corrected chi connectivity index (χ0v) is 15.3. The molecule has 0 heterocycles. The minimum Gasteiger partial charge on any atom is -0.493 e. The van der Waals surface area contributed by atoms with Crippen molar-refractivity contribution < 1.29 is 19.1 Å². The van der Waals surface area contributed by atoms with Gasteiger partial charge in [0.25, 0.3) is 5.91 Å². The zero-order valence-electron chi connectivity index (χ0n) is 15.3. The van der Waals surface area contributed by atoms with Crippen molar-refractivity contribution >= 4 is 28.3 Å². The molecule has 0 radical (unpaired) electrons. The molecule has 0 aliphatic heterocycles. The third kappa shape index (κ3) is 4.08. The van der Waals surface area contributed by atoms with Gasteiger partial charge in [0, 0.05) is 5.69 Å². The topological polar surface area (TPSA) is 64.6 Å². The number of hydrogen-bond acceptors (Lipinski definition) is 4. The molecular formula is C22H21NO4. The van der Waals surface area contributed by atoms with Gasteiger partial charge < -0.3 is 14.8 Å². The Morgan fingerprint density at radius 3 is 2.52 bits per heavy atom. The highest BCUT2D eigenvalue weighted by Crippen LogP contribution is 2.29. The second-order valence-corrected chi connectivity index (χ2v) is 5.85. The van der Waals surface area contributed by atoms with Crippen molar-refractivity contribution in [2.45, 2.75) is 13.8 Å². The van der Waals surface area contributed by atoms with Gasteiger partial charge in [-0.3, -0.25) is 4.79 Å². The summed E-state index contributed by atoms with van der Waals surface area (Å²) < 4.78 is 10.7. The van der Waals surface area contributed by atoms with Gasteiger partial charge in [-0.2, -0.15) is 0 Å². The van der Waals surface area contributed by atoms with Gasteiger partial charge >= 0.3 is 5.97 Å². The Kier molecular flexibility index (Phi) is 5.71. The fraction of sp³-hybridized carbons (Fsp3) is 0.182. The van der Waals surface area contributed by atoms with Crippen molar-refractivity contribution in [2.75, 3.05) is 18.5 Å². The lowest BCUT2D eigenvalue weighted by molar-refractivity contribution is 0.0526. The quantitative estimate of drug-likeness (QED) is 0.647. The number of ether oxygens (including phenoxy) is 2. The lowest BCUT2D eigenvalue weighted by atomic mass is 10.0. The van der Waals surface area contributed by atoms with E-state index in [9.17, 15) is 9.59 Å². The molecule has 0 bridgehead atoms. The first-order valence-corrected chi connectivity index (χ1v) is 8.87. The van der Waals surface area contributed by atoms with Gasteiger partial charge in [0.15, 0.2) is 0 Å². The van der Waals surface area contributed by atoms with E-state index in [-0.39, 0.29) is 5.91 Å². The van der Waals surface area contributed by atoms with E-state index < -0.39 is 5.97 Å². The summed E-state index contributed by atoms with van der Waals surface area (Å²) in [6.45, 7) is 4.37. The van der Waals surface area contributed by atoms with Crippen LogP contribution >= 0.6 is 0 Å². The highest BCUT2D eigenvalue weighted by molar-refractivity contribution is 6.15. The molecule has 27 heavy (non-hydrogen) atoms. The summed E-state index contributed by atoms with van der Waals surface area (Å²) in [7, 11) is 0. The maximum absolute atomic E-state index is 13.0. The Bertz CT molecular complexity index is 981. The summed E-state index contributed by atoms with van der Waals surface area (Å²) in [6.07, 6.45) is 0. The largest absolute Gasteiger partial charge is 0.493 e. The van der Waals surface area contributed by atoms with E-state index in [0.29, 0.717) is 35.8 Å². The molecule has 0 aromatic heterocycles. The van der Waals surface area contributed by atoms with E-state index in [2.05, 4.69) is 5.32 Å². The first kappa shape index (κ1) is 18.5. The predicted octanol–water partition coefficient (Wildman–Crippen LogP) is 4.67. The summed E-state index contributed by atoms with van der Waals surface area (Å²) >= 11 is 0. The van der Waals surface area contributed by atoms with Gasteiger partial charge in [-0.05, 0) is 48.9 Å². The number of carbonyl (C=O) groups excluding carboxylic acids is 2. The number of hydrogen-bond donors (Lipinski definition) is 1. The van der Waals surface area contributed by atoms with Crippen LogP contribution in [-0.4, -0.2) is 25.1 Å². The SMILES string of the molecule is CCOC(=O)c1cccc(NC(=O)c2c(OCC)ccc3ccccc23)c1. The molecule has 5 heteroatoms. The Hall–Kier alpha value is -3.34. The summed E-state index contributed by atoms with van der Waals surface area (Å²) in [5, 5.41) is 4.62. The summed E-state index contributed by atoms with van der Waals surface area (Å²) in [6, 6.07) is 18.1. The fourth-order valence-electron chi connectivity index (χ4n) is 2.89. The van der Waals surface area contributed by atoms with Gasteiger partial charge in [0.1, 0.15) is 5.75 Å². The molecule has 1 N–H and O–H groups in total. The minimum absolute atomic E-state index is 0.295. The van der Waals surface area contributed by atoms with Crippen molar-refractivity contribution in [1.29, 1.82) is 0 Å². The van der Waals surface area contributed by atoms with E-state index in [1.165, 1.54) is 0 Å². The molecule has 3 aromatic rings. The molecule has 0 atom stereocenters. The van der Waals surface area contributed by atoms with Gasteiger partial charge in [0.2, 0.25) is 0 Å². The zero-order chi connectivity index (χ0) is 19.2. The minimum atomic E-state index is -0.422. The van der Waals surface area contributed by atoms with E-state index in [1.807, 2.05) is 37.3 Å². The molecule has 0 aliphatic rings. The van der Waals surface area contributed by atoms with E-state index >= 15 is 0 Å². The first-order valence-electron chi connectivity index (χ1n) is 8.87. The molecule has 1 amide bonds. The van der Waals surface area contributed by atoms with Crippen LogP contribution in [0.2, 0.25) is 0 Å². The second-order valence-electron chi connectivity index (χ2n) is 5.85. The van der Waals surface area contributed by atoms with Crippen LogP contribution in [0.3, 0.4) is 0 Å². The second kappa shape index (κ2) is 8.36. The van der Waals surface area contributed by atoms with Gasteiger partial charge in [-0.1, -0.05) is 36.4 Å². The summed E-state index contributed by atoms with van der Waals surface area (Å²) in [5.74, 6) is -0.194. The molecule has 3 rings (SSSR count). The van der Waals surface area contributed by atoms with Gasteiger partial charge in [-0.15, -0.1) is 0 Å². The van der Waals surface area contributed by atoms with Crippen LogP contribution < -0.4 is 10.1 Å². The maximum Gasteiger partial charge on any atom is 0.338 e. The lowest BCUT2D eigenvalue weighted by Crippen LogP contribution is -2.15. The normalized spacial score (nSPS) is 10.4. The average molecular weight is 363 g/mol. The summed E-state index contributed by atoms with van der Waals surface area (Å²) in [4.78, 5) is 24.9. The standard InChI is InChI=1S/C22H21NO4/c1-3-26-19-13-12-15-8-5-6-11-18(15)20(19)21(24)23-17-10-7-9-16(14-17)22(25)27-4-2/h5-14H,3-4H2,1-2H3,(H,23,24). The fourth-order valence-corrected chi connectivity index (χ4v) is 2.89. The molecule has 3 aromatic carbocycles. The van der Waals surface area contributed by atoms with Crippen LogP contribution in [-0.2, 0) is 4.74 Å². The average Bonchev–Trinajstić information content (AvgIpc) is 2.68. The van der Waals surface area contributed by atoms with Crippen molar-refractivity contribution in [1.82, 2.24) is 0 Å². The number of benzene rings is 3. The Balaban J connectivity index is 1.96. The van der Waals surface area contributed by atoms with Crippen LogP contribution in [0.15, 0.2) is 60.7 Å².